The molecule has 1 unspecified atom stereocenters. The first kappa shape index (κ1) is 16.7. The summed E-state index contributed by atoms with van der Waals surface area (Å²) in [6.07, 6.45) is 3.11. The highest BCUT2D eigenvalue weighted by atomic mass is 32.2. The predicted octanol–water partition coefficient (Wildman–Crippen LogP) is 1.79. The van der Waals surface area contributed by atoms with Crippen molar-refractivity contribution in [3.63, 3.8) is 0 Å². The van der Waals surface area contributed by atoms with Gasteiger partial charge in [-0.15, -0.1) is 0 Å². The molecule has 3 N–H and O–H groups in total. The summed E-state index contributed by atoms with van der Waals surface area (Å²) in [5.74, 6) is 0.209. The summed E-state index contributed by atoms with van der Waals surface area (Å²) in [4.78, 5) is 12.0. The van der Waals surface area contributed by atoms with Gasteiger partial charge in [0, 0.05) is 12.7 Å². The molecule has 0 bridgehead atoms. The normalized spacial score (nSPS) is 12.9. The van der Waals surface area contributed by atoms with Crippen molar-refractivity contribution in [2.24, 2.45) is 11.7 Å². The van der Waals surface area contributed by atoms with Gasteiger partial charge in [0.2, 0.25) is 5.91 Å². The molecule has 0 radical (unpaired) electrons. The van der Waals surface area contributed by atoms with E-state index in [0.29, 0.717) is 24.6 Å². The van der Waals surface area contributed by atoms with E-state index in [4.69, 9.17) is 5.73 Å². The zero-order valence-corrected chi connectivity index (χ0v) is 12.7. The van der Waals surface area contributed by atoms with Crippen molar-refractivity contribution in [3.8, 4) is 0 Å². The molecule has 0 saturated heterocycles. The van der Waals surface area contributed by atoms with Gasteiger partial charge in [-0.05, 0) is 37.4 Å². The number of carbonyl (C=O) groups is 1. The van der Waals surface area contributed by atoms with Crippen LogP contribution in [0.3, 0.4) is 0 Å². The van der Waals surface area contributed by atoms with Crippen LogP contribution in [0.15, 0.2) is 29.2 Å². The SMILES string of the molecule is CC(CCN)CCC(=O)Nc1ccccc1S(C)(=O)=O. The summed E-state index contributed by atoms with van der Waals surface area (Å²) in [5.41, 5.74) is 5.80. The maximum absolute atomic E-state index is 11.9. The van der Waals surface area contributed by atoms with Crippen LogP contribution in [0.4, 0.5) is 5.69 Å². The third kappa shape index (κ3) is 5.30. The zero-order chi connectivity index (χ0) is 15.2. The molecule has 1 amide bonds. The van der Waals surface area contributed by atoms with E-state index in [1.54, 1.807) is 18.2 Å². The summed E-state index contributed by atoms with van der Waals surface area (Å²) in [5, 5.41) is 2.67. The second-order valence-electron chi connectivity index (χ2n) is 5.04. The second kappa shape index (κ2) is 7.40. The van der Waals surface area contributed by atoms with Crippen molar-refractivity contribution < 1.29 is 13.2 Å². The minimum Gasteiger partial charge on any atom is -0.330 e. The van der Waals surface area contributed by atoms with Crippen LogP contribution in [-0.4, -0.2) is 27.1 Å². The van der Waals surface area contributed by atoms with Crippen LogP contribution in [0.5, 0.6) is 0 Å². The van der Waals surface area contributed by atoms with Crippen LogP contribution >= 0.6 is 0 Å². The Kier molecular flexibility index (Phi) is 6.16. The van der Waals surface area contributed by atoms with Gasteiger partial charge in [0.1, 0.15) is 0 Å². The summed E-state index contributed by atoms with van der Waals surface area (Å²) >= 11 is 0. The highest BCUT2D eigenvalue weighted by molar-refractivity contribution is 7.90. The van der Waals surface area contributed by atoms with Crippen LogP contribution in [0.2, 0.25) is 0 Å². The first-order chi connectivity index (χ1) is 9.34. The van der Waals surface area contributed by atoms with E-state index in [1.807, 2.05) is 6.92 Å². The van der Waals surface area contributed by atoms with E-state index < -0.39 is 9.84 Å². The van der Waals surface area contributed by atoms with Crippen LogP contribution in [0.1, 0.15) is 26.2 Å². The van der Waals surface area contributed by atoms with E-state index in [2.05, 4.69) is 5.32 Å². The van der Waals surface area contributed by atoms with Crippen molar-refractivity contribution >= 4 is 21.4 Å². The average Bonchev–Trinajstić information content (AvgIpc) is 2.36. The quantitative estimate of drug-likeness (QED) is 0.803. The van der Waals surface area contributed by atoms with Gasteiger partial charge >= 0.3 is 0 Å². The van der Waals surface area contributed by atoms with Gasteiger partial charge in [-0.3, -0.25) is 4.79 Å². The lowest BCUT2D eigenvalue weighted by molar-refractivity contribution is -0.116. The molecule has 1 atom stereocenters. The van der Waals surface area contributed by atoms with Crippen LogP contribution in [-0.2, 0) is 14.6 Å². The van der Waals surface area contributed by atoms with E-state index in [-0.39, 0.29) is 10.8 Å². The Labute approximate surface area is 120 Å². The van der Waals surface area contributed by atoms with Gasteiger partial charge in [0.25, 0.3) is 0 Å². The minimum atomic E-state index is -3.35. The van der Waals surface area contributed by atoms with Gasteiger partial charge < -0.3 is 11.1 Å². The van der Waals surface area contributed by atoms with Crippen LogP contribution in [0, 0.1) is 5.92 Å². The number of nitrogens with one attached hydrogen (secondary N) is 1. The van der Waals surface area contributed by atoms with Crippen molar-refractivity contribution in [1.82, 2.24) is 0 Å². The van der Waals surface area contributed by atoms with Gasteiger partial charge in [-0.1, -0.05) is 19.1 Å². The highest BCUT2D eigenvalue weighted by Crippen LogP contribution is 2.21. The molecule has 5 nitrogen and oxygen atoms in total. The molecule has 0 aliphatic heterocycles. The summed E-state index contributed by atoms with van der Waals surface area (Å²) in [6.45, 7) is 2.66. The molecule has 0 saturated carbocycles. The summed E-state index contributed by atoms with van der Waals surface area (Å²) < 4.78 is 23.2. The first-order valence-electron chi connectivity index (χ1n) is 6.63. The number of nitrogens with two attached hydrogens (primary N) is 1. The molecular weight excluding hydrogens is 276 g/mol. The molecule has 0 aliphatic rings. The molecule has 0 spiro atoms. The fraction of sp³-hybridized carbons (Fsp3) is 0.500. The van der Waals surface area contributed by atoms with Gasteiger partial charge in [-0.25, -0.2) is 8.42 Å². The number of amides is 1. The average molecular weight is 298 g/mol. The van der Waals surface area contributed by atoms with Crippen molar-refractivity contribution in [3.05, 3.63) is 24.3 Å². The smallest absolute Gasteiger partial charge is 0.224 e. The number of sulfone groups is 1. The first-order valence-corrected chi connectivity index (χ1v) is 8.52. The number of anilines is 1. The van der Waals surface area contributed by atoms with E-state index in [1.165, 1.54) is 6.07 Å². The lowest BCUT2D eigenvalue weighted by Crippen LogP contribution is -2.15. The summed E-state index contributed by atoms with van der Waals surface area (Å²) in [7, 11) is -3.35. The molecule has 1 aromatic rings. The fourth-order valence-corrected chi connectivity index (χ4v) is 2.76. The molecule has 112 valence electrons. The lowest BCUT2D eigenvalue weighted by atomic mass is 10.0. The second-order valence-corrected chi connectivity index (χ2v) is 7.02. The molecular formula is C14H22N2O3S. The number of hydrogen-bond donors (Lipinski definition) is 2. The zero-order valence-electron chi connectivity index (χ0n) is 11.9. The Morgan fingerprint density at radius 1 is 1.30 bits per heavy atom. The third-order valence-corrected chi connectivity index (χ3v) is 4.24. The van der Waals surface area contributed by atoms with Crippen molar-refractivity contribution in [1.29, 1.82) is 0 Å². The molecule has 20 heavy (non-hydrogen) atoms. The molecule has 0 aromatic heterocycles. The Balaban J connectivity index is 2.68. The van der Waals surface area contributed by atoms with Crippen LogP contribution < -0.4 is 11.1 Å². The molecule has 0 fully saturated rings. The standard InChI is InChI=1S/C14H22N2O3S/c1-11(9-10-15)7-8-14(17)16-12-5-3-4-6-13(12)20(2,18)19/h3-6,11H,7-10,15H2,1-2H3,(H,16,17). The minimum absolute atomic E-state index is 0.142. The predicted molar refractivity (Wildman–Crippen MR) is 80.3 cm³/mol. The maximum atomic E-state index is 11.9. The van der Waals surface area contributed by atoms with Crippen molar-refractivity contribution in [2.45, 2.75) is 31.1 Å². The van der Waals surface area contributed by atoms with Crippen LogP contribution in [0.25, 0.3) is 0 Å². The Morgan fingerprint density at radius 3 is 2.55 bits per heavy atom. The molecule has 1 aromatic carbocycles. The largest absolute Gasteiger partial charge is 0.330 e. The lowest BCUT2D eigenvalue weighted by Gasteiger charge is -2.12. The maximum Gasteiger partial charge on any atom is 0.224 e. The Hall–Kier alpha value is -1.40. The third-order valence-electron chi connectivity index (χ3n) is 3.08. The Bertz CT molecular complexity index is 555. The number of hydrogen-bond acceptors (Lipinski definition) is 4. The molecule has 0 aliphatic carbocycles. The van der Waals surface area contributed by atoms with Gasteiger partial charge in [0.15, 0.2) is 9.84 Å². The Morgan fingerprint density at radius 2 is 1.95 bits per heavy atom. The summed E-state index contributed by atoms with van der Waals surface area (Å²) in [6, 6.07) is 6.41. The van der Waals surface area contributed by atoms with E-state index in [9.17, 15) is 13.2 Å². The number of para-hydroxylation sites is 1. The fourth-order valence-electron chi connectivity index (χ4n) is 1.91. The van der Waals surface area contributed by atoms with E-state index >= 15 is 0 Å². The topological polar surface area (TPSA) is 89.3 Å². The molecule has 6 heteroatoms. The van der Waals surface area contributed by atoms with E-state index in [0.717, 1.165) is 19.1 Å². The van der Waals surface area contributed by atoms with Gasteiger partial charge in [-0.2, -0.15) is 0 Å². The molecule has 1 rings (SSSR count). The monoisotopic (exact) mass is 298 g/mol. The number of carbonyl (C=O) groups excluding carboxylic acids is 1. The highest BCUT2D eigenvalue weighted by Gasteiger charge is 2.14. The number of rotatable bonds is 7. The van der Waals surface area contributed by atoms with Crippen molar-refractivity contribution in [2.75, 3.05) is 18.1 Å². The van der Waals surface area contributed by atoms with Gasteiger partial charge in [0.05, 0.1) is 10.6 Å². The molecule has 0 heterocycles. The number of benzene rings is 1.